The van der Waals surface area contributed by atoms with Crippen molar-refractivity contribution in [1.82, 2.24) is 9.66 Å². The van der Waals surface area contributed by atoms with Crippen LogP contribution in [0, 0.1) is 6.92 Å². The van der Waals surface area contributed by atoms with Crippen molar-refractivity contribution < 1.29 is 14.2 Å². The molecule has 3 aromatic carbocycles. The molecule has 0 spiro atoms. The molecule has 0 aliphatic heterocycles. The first-order valence-corrected chi connectivity index (χ1v) is 15.4. The molecule has 0 bridgehead atoms. The highest BCUT2D eigenvalue weighted by Gasteiger charge is 2.21. The summed E-state index contributed by atoms with van der Waals surface area (Å²) in [7, 11) is 0. The molecule has 42 heavy (non-hydrogen) atoms. The van der Waals surface area contributed by atoms with Gasteiger partial charge in [0.05, 0.1) is 36.4 Å². The fourth-order valence-corrected chi connectivity index (χ4v) is 5.20. The molecule has 7 nitrogen and oxygen atoms in total. The Morgan fingerprint density at radius 2 is 1.74 bits per heavy atom. The van der Waals surface area contributed by atoms with E-state index >= 15 is 0 Å². The standard InChI is InChI=1S/C33H37BrClN3O4/c1-8-21(7)42-31-28(41-10-3)16-22(29(34)30(31)35)18-36-38-32(37-26-14-12-11-13-23(26)33(38)39)25-17-24(19(4)5)27(40-9-2)15-20(25)6/h11-19,21H,8-10H2,1-7H3/t21-/m1/s1. The maximum Gasteiger partial charge on any atom is 0.282 e. The second-order valence-electron chi connectivity index (χ2n) is 10.3. The van der Waals surface area contributed by atoms with Crippen LogP contribution in [0.3, 0.4) is 0 Å². The summed E-state index contributed by atoms with van der Waals surface area (Å²) in [6, 6.07) is 13.1. The summed E-state index contributed by atoms with van der Waals surface area (Å²) < 4.78 is 19.8. The SMILES string of the molecule is CCOc1cc(C)c(-c2nc3ccccc3c(=O)n2N=Cc2cc(OCC)c(O[C@H](C)CC)c(Cl)c2Br)cc1C(C)C. The van der Waals surface area contributed by atoms with E-state index < -0.39 is 0 Å². The highest BCUT2D eigenvalue weighted by atomic mass is 79.9. The molecule has 1 aromatic heterocycles. The minimum Gasteiger partial charge on any atom is -0.494 e. The van der Waals surface area contributed by atoms with Gasteiger partial charge in [0.2, 0.25) is 0 Å². The van der Waals surface area contributed by atoms with Crippen molar-refractivity contribution in [3.63, 3.8) is 0 Å². The quantitative estimate of drug-likeness (QED) is 0.151. The number of para-hydroxylation sites is 1. The van der Waals surface area contributed by atoms with E-state index in [9.17, 15) is 4.79 Å². The van der Waals surface area contributed by atoms with E-state index in [0.717, 1.165) is 28.9 Å². The summed E-state index contributed by atoms with van der Waals surface area (Å²) >= 11 is 10.4. The first-order chi connectivity index (χ1) is 20.1. The molecule has 0 amide bonds. The summed E-state index contributed by atoms with van der Waals surface area (Å²) in [5.74, 6) is 2.42. The normalized spacial score (nSPS) is 12.3. The average molecular weight is 655 g/mol. The zero-order valence-electron chi connectivity index (χ0n) is 25.1. The average Bonchev–Trinajstić information content (AvgIpc) is 2.97. The van der Waals surface area contributed by atoms with Gasteiger partial charge in [-0.25, -0.2) is 4.98 Å². The summed E-state index contributed by atoms with van der Waals surface area (Å²) in [6.45, 7) is 15.1. The highest BCUT2D eigenvalue weighted by Crippen LogP contribution is 2.43. The number of hydrogen-bond acceptors (Lipinski definition) is 6. The van der Waals surface area contributed by atoms with Crippen molar-refractivity contribution in [3.8, 4) is 28.6 Å². The third-order valence-corrected chi connectivity index (χ3v) is 8.38. The molecule has 0 N–H and O–H groups in total. The number of hydrogen-bond donors (Lipinski definition) is 0. The first kappa shape index (κ1) is 31.6. The van der Waals surface area contributed by atoms with Gasteiger partial charge in [0.1, 0.15) is 10.8 Å². The predicted octanol–water partition coefficient (Wildman–Crippen LogP) is 8.77. The van der Waals surface area contributed by atoms with Crippen molar-refractivity contribution in [3.05, 3.63) is 79.0 Å². The Bertz CT molecular complexity index is 1680. The van der Waals surface area contributed by atoms with E-state index in [0.29, 0.717) is 56.5 Å². The van der Waals surface area contributed by atoms with Crippen LogP contribution in [0.4, 0.5) is 0 Å². The van der Waals surface area contributed by atoms with Gasteiger partial charge in [-0.1, -0.05) is 44.5 Å². The maximum absolute atomic E-state index is 13.9. The first-order valence-electron chi connectivity index (χ1n) is 14.3. The van der Waals surface area contributed by atoms with E-state index in [4.69, 9.17) is 30.8 Å². The molecule has 4 rings (SSSR count). The molecule has 0 saturated heterocycles. The minimum absolute atomic E-state index is 0.0500. The van der Waals surface area contributed by atoms with Crippen LogP contribution in [0.15, 0.2) is 56.8 Å². The van der Waals surface area contributed by atoms with Crippen molar-refractivity contribution in [2.24, 2.45) is 5.10 Å². The van der Waals surface area contributed by atoms with Gasteiger partial charge in [0, 0.05) is 15.6 Å². The molecular formula is C33H37BrClN3O4. The van der Waals surface area contributed by atoms with Gasteiger partial charge in [0.25, 0.3) is 5.56 Å². The summed E-state index contributed by atoms with van der Waals surface area (Å²) in [5.41, 5.74) is 3.68. The molecule has 0 aliphatic rings. The number of halogens is 2. The maximum atomic E-state index is 13.9. The smallest absolute Gasteiger partial charge is 0.282 e. The third kappa shape index (κ3) is 6.50. The minimum atomic E-state index is -0.282. The van der Waals surface area contributed by atoms with E-state index in [1.807, 2.05) is 58.9 Å². The second-order valence-corrected chi connectivity index (χ2v) is 11.5. The number of benzene rings is 3. The lowest BCUT2D eigenvalue weighted by atomic mass is 9.96. The van der Waals surface area contributed by atoms with Crippen molar-refractivity contribution in [1.29, 1.82) is 0 Å². The van der Waals surface area contributed by atoms with Gasteiger partial charge in [-0.05, 0) is 97.4 Å². The molecule has 222 valence electrons. The van der Waals surface area contributed by atoms with E-state index in [-0.39, 0.29) is 17.6 Å². The van der Waals surface area contributed by atoms with E-state index in [1.54, 1.807) is 18.3 Å². The number of ether oxygens (including phenoxy) is 3. The van der Waals surface area contributed by atoms with Gasteiger partial charge < -0.3 is 14.2 Å². The molecule has 0 unspecified atom stereocenters. The Kier molecular flexibility index (Phi) is 10.3. The van der Waals surface area contributed by atoms with Crippen LogP contribution >= 0.6 is 27.5 Å². The van der Waals surface area contributed by atoms with Crippen molar-refractivity contribution in [2.75, 3.05) is 13.2 Å². The summed E-state index contributed by atoms with van der Waals surface area (Å²) in [4.78, 5) is 18.8. The molecule has 9 heteroatoms. The largest absolute Gasteiger partial charge is 0.494 e. The molecule has 1 atom stereocenters. The van der Waals surface area contributed by atoms with Gasteiger partial charge in [-0.3, -0.25) is 4.79 Å². The lowest BCUT2D eigenvalue weighted by molar-refractivity contribution is 0.203. The lowest BCUT2D eigenvalue weighted by Gasteiger charge is -2.19. The van der Waals surface area contributed by atoms with E-state index in [2.05, 4.69) is 40.9 Å². The summed E-state index contributed by atoms with van der Waals surface area (Å²) in [5, 5.41) is 5.53. The van der Waals surface area contributed by atoms with Crippen LogP contribution in [-0.4, -0.2) is 35.2 Å². The fraction of sp³-hybridized carbons (Fsp3) is 0.364. The van der Waals surface area contributed by atoms with Gasteiger partial charge in [0.15, 0.2) is 17.3 Å². The predicted molar refractivity (Wildman–Crippen MR) is 175 cm³/mol. The lowest BCUT2D eigenvalue weighted by Crippen LogP contribution is -2.21. The number of rotatable bonds is 11. The van der Waals surface area contributed by atoms with Crippen molar-refractivity contribution >= 4 is 44.6 Å². The van der Waals surface area contributed by atoms with Crippen LogP contribution in [0.5, 0.6) is 17.2 Å². The third-order valence-electron chi connectivity index (χ3n) is 6.94. The molecule has 4 aromatic rings. The molecular weight excluding hydrogens is 618 g/mol. The van der Waals surface area contributed by atoms with E-state index in [1.165, 1.54) is 4.68 Å². The van der Waals surface area contributed by atoms with Gasteiger partial charge >= 0.3 is 0 Å². The molecule has 0 aliphatic carbocycles. The Hall–Kier alpha value is -3.36. The molecule has 0 saturated carbocycles. The van der Waals surface area contributed by atoms with Crippen LogP contribution < -0.4 is 19.8 Å². The number of nitrogens with zero attached hydrogens (tertiary/aromatic N) is 3. The Labute approximate surface area is 260 Å². The Balaban J connectivity index is 1.94. The molecule has 1 heterocycles. The van der Waals surface area contributed by atoms with Crippen molar-refractivity contribution in [2.45, 2.75) is 66.9 Å². The van der Waals surface area contributed by atoms with Gasteiger partial charge in [-0.2, -0.15) is 9.78 Å². The molecule has 0 radical (unpaired) electrons. The Morgan fingerprint density at radius 3 is 2.40 bits per heavy atom. The topological polar surface area (TPSA) is 74.9 Å². The zero-order valence-corrected chi connectivity index (χ0v) is 27.5. The fourth-order valence-electron chi connectivity index (χ4n) is 4.55. The van der Waals surface area contributed by atoms with Crippen LogP contribution in [0.25, 0.3) is 22.3 Å². The van der Waals surface area contributed by atoms with Gasteiger partial charge in [-0.15, -0.1) is 0 Å². The monoisotopic (exact) mass is 653 g/mol. The highest BCUT2D eigenvalue weighted by molar-refractivity contribution is 9.10. The van der Waals surface area contributed by atoms with Crippen LogP contribution in [0.1, 0.15) is 70.6 Å². The number of aromatic nitrogens is 2. The van der Waals surface area contributed by atoms with Crippen LogP contribution in [-0.2, 0) is 0 Å². The number of aryl methyl sites for hydroxylation is 1. The zero-order chi connectivity index (χ0) is 30.6. The Morgan fingerprint density at radius 1 is 1.05 bits per heavy atom. The second kappa shape index (κ2) is 13.7. The summed E-state index contributed by atoms with van der Waals surface area (Å²) in [6.07, 6.45) is 2.35. The van der Waals surface area contributed by atoms with Crippen LogP contribution in [0.2, 0.25) is 5.02 Å². The molecule has 0 fully saturated rings. The number of fused-ring (bicyclic) bond motifs is 1.